The first-order chi connectivity index (χ1) is 13.5. The van der Waals surface area contributed by atoms with Crippen LogP contribution in [-0.4, -0.2) is 25.8 Å². The number of benzene rings is 2. The van der Waals surface area contributed by atoms with Gasteiger partial charge < -0.3 is 4.43 Å². The van der Waals surface area contributed by atoms with Gasteiger partial charge in [-0.05, 0) is 47.4 Å². The highest BCUT2D eigenvalue weighted by molar-refractivity contribution is 9.09. The molecule has 0 fully saturated rings. The van der Waals surface area contributed by atoms with Crippen molar-refractivity contribution in [2.75, 3.05) is 10.7 Å². The molecule has 0 spiro atoms. The van der Waals surface area contributed by atoms with Gasteiger partial charge in [0.05, 0.1) is 6.10 Å². The van der Waals surface area contributed by atoms with Crippen LogP contribution in [0.1, 0.15) is 46.5 Å². The first kappa shape index (κ1) is 23.9. The zero-order valence-corrected chi connectivity index (χ0v) is 21.5. The topological polar surface area (TPSA) is 9.23 Å². The molecule has 2 aromatic rings. The second-order valence-corrected chi connectivity index (χ2v) is 12.1. The van der Waals surface area contributed by atoms with Crippen LogP contribution in [0.3, 0.4) is 0 Å². The third-order valence-corrected chi connectivity index (χ3v) is 8.36. The van der Waals surface area contributed by atoms with Crippen molar-refractivity contribution in [3.8, 4) is 0 Å². The maximum atomic E-state index is 7.02. The Balaban J connectivity index is 2.28. The van der Waals surface area contributed by atoms with E-state index in [0.717, 1.165) is 17.1 Å². The Morgan fingerprint density at radius 2 is 1.36 bits per heavy atom. The molecule has 2 atom stereocenters. The van der Waals surface area contributed by atoms with Crippen LogP contribution in [0.15, 0.2) is 60.7 Å². The van der Waals surface area contributed by atoms with E-state index in [9.17, 15) is 0 Å². The normalized spacial score (nSPS) is 14.2. The molecule has 0 N–H and O–H groups in total. The van der Waals surface area contributed by atoms with Crippen molar-refractivity contribution in [2.24, 2.45) is 11.3 Å². The quantitative estimate of drug-likeness (QED) is 0.251. The van der Waals surface area contributed by atoms with E-state index < -0.39 is 9.04 Å². The molecule has 0 heterocycles. The number of hydrogen-bond donors (Lipinski definition) is 0. The van der Waals surface area contributed by atoms with Gasteiger partial charge in [0, 0.05) is 10.7 Å². The lowest BCUT2D eigenvalue weighted by Crippen LogP contribution is -2.50. The lowest BCUT2D eigenvalue weighted by atomic mass is 9.82. The van der Waals surface area contributed by atoms with Crippen molar-refractivity contribution in [3.05, 3.63) is 60.7 Å². The fraction of sp³-hybridized carbons (Fsp3) is 0.500. The van der Waals surface area contributed by atoms with E-state index in [4.69, 9.17) is 4.43 Å². The molecule has 4 heteroatoms. The van der Waals surface area contributed by atoms with E-state index in [1.807, 2.05) is 0 Å². The molecule has 2 aromatic carbocycles. The SMILES string of the molecule is CC(C)(C)C(C[C@@H](CCBr)CCCBr)O[Si](c1ccccc1)c1ccccc1. The summed E-state index contributed by atoms with van der Waals surface area (Å²) in [4.78, 5) is 0. The smallest absolute Gasteiger partial charge is 0.283 e. The summed E-state index contributed by atoms with van der Waals surface area (Å²) >= 11 is 7.26. The lowest BCUT2D eigenvalue weighted by molar-refractivity contribution is 0.0634. The average Bonchev–Trinajstić information content (AvgIpc) is 2.69. The van der Waals surface area contributed by atoms with E-state index in [-0.39, 0.29) is 11.5 Å². The Hall–Kier alpha value is -0.423. The van der Waals surface area contributed by atoms with Gasteiger partial charge in [0.1, 0.15) is 0 Å². The van der Waals surface area contributed by atoms with Crippen molar-refractivity contribution < 1.29 is 4.43 Å². The molecule has 28 heavy (non-hydrogen) atoms. The van der Waals surface area contributed by atoms with Gasteiger partial charge >= 0.3 is 0 Å². The van der Waals surface area contributed by atoms with Crippen molar-refractivity contribution in [1.82, 2.24) is 0 Å². The fourth-order valence-corrected chi connectivity index (χ4v) is 6.71. The van der Waals surface area contributed by atoms with Gasteiger partial charge in [0.25, 0.3) is 9.04 Å². The minimum absolute atomic E-state index is 0.110. The predicted molar refractivity (Wildman–Crippen MR) is 132 cm³/mol. The van der Waals surface area contributed by atoms with E-state index in [0.29, 0.717) is 5.92 Å². The third kappa shape index (κ3) is 7.77. The standard InChI is InChI=1S/C24H33Br2OSi/c1-24(2,3)23(19-20(16-18-26)11-10-17-25)27-28(21-12-6-4-7-13-21)22-14-8-5-9-15-22/h4-9,12-15,20,23H,10-11,16-19H2,1-3H3/t20-,23?/m1/s1. The average molecular weight is 525 g/mol. The van der Waals surface area contributed by atoms with Gasteiger partial charge in [0.15, 0.2) is 0 Å². The fourth-order valence-electron chi connectivity index (χ4n) is 3.41. The molecule has 1 radical (unpaired) electrons. The summed E-state index contributed by atoms with van der Waals surface area (Å²) in [7, 11) is -1.28. The van der Waals surface area contributed by atoms with Crippen LogP contribution in [0.2, 0.25) is 0 Å². The molecule has 0 aliphatic heterocycles. The molecule has 0 saturated heterocycles. The molecular formula is C24H33Br2OSi. The first-order valence-electron chi connectivity index (χ1n) is 10.2. The van der Waals surface area contributed by atoms with Crippen LogP contribution < -0.4 is 10.4 Å². The summed E-state index contributed by atoms with van der Waals surface area (Å²) in [5.74, 6) is 0.691. The second-order valence-electron chi connectivity index (χ2n) is 8.44. The van der Waals surface area contributed by atoms with Crippen molar-refractivity contribution in [1.29, 1.82) is 0 Å². The van der Waals surface area contributed by atoms with Crippen LogP contribution in [0.25, 0.3) is 0 Å². The van der Waals surface area contributed by atoms with Gasteiger partial charge in [-0.25, -0.2) is 0 Å². The second kappa shape index (κ2) is 12.3. The molecule has 1 unspecified atom stereocenters. The maximum absolute atomic E-state index is 7.02. The van der Waals surface area contributed by atoms with Gasteiger partial charge in [-0.1, -0.05) is 113 Å². The van der Waals surface area contributed by atoms with E-state index in [1.54, 1.807) is 0 Å². The minimum atomic E-state index is -1.28. The van der Waals surface area contributed by atoms with E-state index in [1.165, 1.54) is 29.6 Å². The van der Waals surface area contributed by atoms with Crippen LogP contribution in [-0.2, 0) is 4.43 Å². The molecule has 1 nitrogen and oxygen atoms in total. The Morgan fingerprint density at radius 1 is 0.821 bits per heavy atom. The number of rotatable bonds is 11. The summed E-state index contributed by atoms with van der Waals surface area (Å²) in [6, 6.07) is 21.6. The van der Waals surface area contributed by atoms with E-state index in [2.05, 4.69) is 113 Å². The summed E-state index contributed by atoms with van der Waals surface area (Å²) < 4.78 is 7.02. The van der Waals surface area contributed by atoms with Gasteiger partial charge in [0.2, 0.25) is 0 Å². The number of halogens is 2. The number of alkyl halides is 2. The van der Waals surface area contributed by atoms with Gasteiger partial charge in [-0.3, -0.25) is 0 Å². The highest BCUT2D eigenvalue weighted by Gasteiger charge is 2.32. The molecular weight excluding hydrogens is 492 g/mol. The molecule has 0 saturated carbocycles. The van der Waals surface area contributed by atoms with Gasteiger partial charge in [-0.2, -0.15) is 0 Å². The maximum Gasteiger partial charge on any atom is 0.283 e. The first-order valence-corrected chi connectivity index (χ1v) is 13.9. The molecule has 153 valence electrons. The highest BCUT2D eigenvalue weighted by atomic mass is 79.9. The van der Waals surface area contributed by atoms with Gasteiger partial charge in [-0.15, -0.1) is 0 Å². The third-order valence-electron chi connectivity index (χ3n) is 5.11. The van der Waals surface area contributed by atoms with Crippen LogP contribution >= 0.6 is 31.9 Å². The molecule has 0 amide bonds. The van der Waals surface area contributed by atoms with Crippen LogP contribution in [0, 0.1) is 11.3 Å². The summed E-state index contributed by atoms with van der Waals surface area (Å²) in [5.41, 5.74) is 0.110. The van der Waals surface area contributed by atoms with Crippen molar-refractivity contribution in [2.45, 2.75) is 52.6 Å². The molecule has 0 aliphatic carbocycles. The summed E-state index contributed by atoms with van der Waals surface area (Å²) in [6.07, 6.45) is 5.05. The Morgan fingerprint density at radius 3 is 1.79 bits per heavy atom. The Bertz CT molecular complexity index is 618. The largest absolute Gasteiger partial charge is 0.404 e. The zero-order valence-electron chi connectivity index (χ0n) is 17.3. The molecule has 0 aliphatic rings. The highest BCUT2D eigenvalue weighted by Crippen LogP contribution is 2.31. The number of hydrogen-bond acceptors (Lipinski definition) is 1. The molecule has 0 bridgehead atoms. The van der Waals surface area contributed by atoms with E-state index >= 15 is 0 Å². The summed E-state index contributed by atoms with van der Waals surface area (Å²) in [5, 5.41) is 4.79. The molecule has 0 aromatic heterocycles. The zero-order chi connectivity index (χ0) is 20.4. The Labute approximate surface area is 190 Å². The monoisotopic (exact) mass is 523 g/mol. The van der Waals surface area contributed by atoms with Crippen molar-refractivity contribution in [3.63, 3.8) is 0 Å². The lowest BCUT2D eigenvalue weighted by Gasteiger charge is -2.36. The molecule has 2 rings (SSSR count). The van der Waals surface area contributed by atoms with Crippen LogP contribution in [0.4, 0.5) is 0 Å². The van der Waals surface area contributed by atoms with Crippen molar-refractivity contribution >= 4 is 51.3 Å². The van der Waals surface area contributed by atoms with Crippen LogP contribution in [0.5, 0.6) is 0 Å². The Kier molecular flexibility index (Phi) is 10.5. The summed E-state index contributed by atoms with van der Waals surface area (Å²) in [6.45, 7) is 6.97. The predicted octanol–water partition coefficient (Wildman–Crippen LogP) is 6.19. The minimum Gasteiger partial charge on any atom is -0.404 e.